The fraction of sp³-hybridized carbons (Fsp3) is 0.556. The van der Waals surface area contributed by atoms with Gasteiger partial charge in [0.15, 0.2) is 0 Å². The highest BCUT2D eigenvalue weighted by Gasteiger charge is 2.13. The monoisotopic (exact) mass is 199 g/mol. The van der Waals surface area contributed by atoms with Gasteiger partial charge in [-0.05, 0) is 17.9 Å². The first-order valence-electron chi connectivity index (χ1n) is 4.31. The van der Waals surface area contributed by atoms with Gasteiger partial charge in [-0.2, -0.15) is 0 Å². The Morgan fingerprint density at radius 1 is 1.42 bits per heavy atom. The lowest BCUT2D eigenvalue weighted by atomic mass is 10.3. The van der Waals surface area contributed by atoms with E-state index < -0.39 is 8.07 Å². The maximum absolute atomic E-state index is 5.80. The fourth-order valence-electron chi connectivity index (χ4n) is 1.04. The van der Waals surface area contributed by atoms with Crippen molar-refractivity contribution in [1.29, 1.82) is 0 Å². The third kappa shape index (κ3) is 2.99. The molecule has 0 aromatic carbocycles. The van der Waals surface area contributed by atoms with Crippen molar-refractivity contribution in [3.63, 3.8) is 0 Å². The van der Waals surface area contributed by atoms with Crippen LogP contribution in [0.1, 0.15) is 4.88 Å². The average Bonchev–Trinajstić information content (AvgIpc) is 2.29. The third-order valence-electron chi connectivity index (χ3n) is 1.88. The molecule has 0 atom stereocenters. The zero-order valence-corrected chi connectivity index (χ0v) is 9.87. The molecule has 1 nitrogen and oxygen atoms in total. The zero-order valence-electron chi connectivity index (χ0n) is 8.05. The van der Waals surface area contributed by atoms with Crippen LogP contribution >= 0.6 is 11.3 Å². The number of hydrogen-bond acceptors (Lipinski definition) is 2. The van der Waals surface area contributed by atoms with E-state index in [1.54, 1.807) is 11.3 Å². The van der Waals surface area contributed by atoms with Crippen LogP contribution in [0.5, 0.6) is 0 Å². The highest BCUT2D eigenvalue weighted by atomic mass is 32.1. The summed E-state index contributed by atoms with van der Waals surface area (Å²) in [5.74, 6) is 0. The zero-order chi connectivity index (χ0) is 9.19. The SMILES string of the molecule is C[Si](C)(C)CCc1sccc1N. The molecular formula is C9H17NSSi. The topological polar surface area (TPSA) is 26.0 Å². The van der Waals surface area contributed by atoms with Gasteiger partial charge in [0.1, 0.15) is 0 Å². The van der Waals surface area contributed by atoms with Gasteiger partial charge in [0.2, 0.25) is 0 Å². The molecule has 0 spiro atoms. The van der Waals surface area contributed by atoms with Crippen LogP contribution in [0.4, 0.5) is 5.69 Å². The molecule has 0 aliphatic heterocycles. The maximum Gasteiger partial charge on any atom is 0.0455 e. The molecule has 0 amide bonds. The second-order valence-corrected chi connectivity index (χ2v) is 11.0. The van der Waals surface area contributed by atoms with E-state index in [0.29, 0.717) is 0 Å². The Balaban J connectivity index is 2.49. The highest BCUT2D eigenvalue weighted by molar-refractivity contribution is 7.10. The number of nitrogen functional groups attached to an aromatic ring is 1. The summed E-state index contributed by atoms with van der Waals surface area (Å²) in [5, 5.41) is 2.08. The molecule has 0 saturated carbocycles. The van der Waals surface area contributed by atoms with Gasteiger partial charge in [-0.1, -0.05) is 25.7 Å². The van der Waals surface area contributed by atoms with Crippen LogP contribution in [-0.2, 0) is 6.42 Å². The second-order valence-electron chi connectivity index (χ2n) is 4.36. The normalized spacial score (nSPS) is 11.9. The van der Waals surface area contributed by atoms with Crippen LogP contribution in [0.2, 0.25) is 25.7 Å². The van der Waals surface area contributed by atoms with Gasteiger partial charge in [-0.3, -0.25) is 0 Å². The molecule has 1 aromatic heterocycles. The van der Waals surface area contributed by atoms with Crippen molar-refractivity contribution in [2.75, 3.05) is 5.73 Å². The molecule has 0 radical (unpaired) electrons. The molecule has 1 aromatic rings. The standard InChI is InChI=1S/C9H17NSSi/c1-12(2,3)7-5-9-8(10)4-6-11-9/h4,6H,5,7,10H2,1-3H3. The van der Waals surface area contributed by atoms with Crippen molar-refractivity contribution >= 4 is 25.1 Å². The van der Waals surface area contributed by atoms with E-state index in [2.05, 4.69) is 25.0 Å². The summed E-state index contributed by atoms with van der Waals surface area (Å²) < 4.78 is 0. The Labute approximate surface area is 79.6 Å². The Morgan fingerprint density at radius 2 is 2.08 bits per heavy atom. The first-order chi connectivity index (χ1) is 5.49. The van der Waals surface area contributed by atoms with Crippen LogP contribution in [-0.4, -0.2) is 8.07 Å². The van der Waals surface area contributed by atoms with E-state index >= 15 is 0 Å². The number of nitrogens with two attached hydrogens (primary N) is 1. The lowest BCUT2D eigenvalue weighted by Gasteiger charge is -2.14. The van der Waals surface area contributed by atoms with Crippen LogP contribution in [0.3, 0.4) is 0 Å². The number of hydrogen-bond donors (Lipinski definition) is 1. The predicted molar refractivity (Wildman–Crippen MR) is 60.6 cm³/mol. The van der Waals surface area contributed by atoms with Gasteiger partial charge in [-0.15, -0.1) is 11.3 Å². The molecule has 3 heteroatoms. The van der Waals surface area contributed by atoms with Gasteiger partial charge in [0.25, 0.3) is 0 Å². The Bertz CT molecular complexity index is 249. The molecule has 0 fully saturated rings. The number of aryl methyl sites for hydroxylation is 1. The van der Waals surface area contributed by atoms with Crippen LogP contribution in [0.25, 0.3) is 0 Å². The van der Waals surface area contributed by atoms with E-state index in [1.165, 1.54) is 17.3 Å². The van der Waals surface area contributed by atoms with Gasteiger partial charge >= 0.3 is 0 Å². The lowest BCUT2D eigenvalue weighted by molar-refractivity contribution is 1.13. The summed E-state index contributed by atoms with van der Waals surface area (Å²) >= 11 is 1.79. The van der Waals surface area contributed by atoms with Gasteiger partial charge in [-0.25, -0.2) is 0 Å². The van der Waals surface area contributed by atoms with Crippen molar-refractivity contribution in [2.24, 2.45) is 0 Å². The van der Waals surface area contributed by atoms with Crippen molar-refractivity contribution < 1.29 is 0 Å². The van der Waals surface area contributed by atoms with Gasteiger partial charge < -0.3 is 5.73 Å². The minimum atomic E-state index is -0.885. The Hall–Kier alpha value is -0.283. The maximum atomic E-state index is 5.80. The number of thiophene rings is 1. The van der Waals surface area contributed by atoms with Crippen molar-refractivity contribution in [3.05, 3.63) is 16.3 Å². The van der Waals surface area contributed by atoms with E-state index in [1.807, 2.05) is 6.07 Å². The third-order valence-corrected chi connectivity index (χ3v) is 4.63. The smallest absolute Gasteiger partial charge is 0.0455 e. The summed E-state index contributed by atoms with van der Waals surface area (Å²) in [6.45, 7) is 7.20. The highest BCUT2D eigenvalue weighted by Crippen LogP contribution is 2.23. The second kappa shape index (κ2) is 3.62. The molecule has 0 saturated heterocycles. The summed E-state index contributed by atoms with van der Waals surface area (Å²) in [6.07, 6.45) is 1.18. The predicted octanol–water partition coefficient (Wildman–Crippen LogP) is 3.21. The van der Waals surface area contributed by atoms with Gasteiger partial charge in [0.05, 0.1) is 0 Å². The Morgan fingerprint density at radius 3 is 2.50 bits per heavy atom. The van der Waals surface area contributed by atoms with Crippen LogP contribution < -0.4 is 5.73 Å². The van der Waals surface area contributed by atoms with Crippen molar-refractivity contribution in [2.45, 2.75) is 32.1 Å². The minimum Gasteiger partial charge on any atom is -0.398 e. The van der Waals surface area contributed by atoms with E-state index in [0.717, 1.165) is 5.69 Å². The molecule has 0 unspecified atom stereocenters. The quantitative estimate of drug-likeness (QED) is 0.743. The first-order valence-corrected chi connectivity index (χ1v) is 8.89. The largest absolute Gasteiger partial charge is 0.398 e. The first kappa shape index (κ1) is 9.80. The molecule has 2 N–H and O–H groups in total. The molecular weight excluding hydrogens is 182 g/mol. The fourth-order valence-corrected chi connectivity index (χ4v) is 3.03. The minimum absolute atomic E-state index is 0.885. The van der Waals surface area contributed by atoms with E-state index in [-0.39, 0.29) is 0 Å². The molecule has 12 heavy (non-hydrogen) atoms. The number of rotatable bonds is 3. The van der Waals surface area contributed by atoms with Crippen molar-refractivity contribution in [3.8, 4) is 0 Å². The van der Waals surface area contributed by atoms with Crippen LogP contribution in [0, 0.1) is 0 Å². The summed E-state index contributed by atoms with van der Waals surface area (Å²) in [5.41, 5.74) is 6.78. The molecule has 1 heterocycles. The Kier molecular flexibility index (Phi) is 2.96. The number of anilines is 1. The van der Waals surface area contributed by atoms with Gasteiger partial charge in [0, 0.05) is 18.6 Å². The average molecular weight is 199 g/mol. The van der Waals surface area contributed by atoms with Crippen LogP contribution in [0.15, 0.2) is 11.4 Å². The molecule has 0 aliphatic rings. The van der Waals surface area contributed by atoms with E-state index in [9.17, 15) is 0 Å². The molecule has 68 valence electrons. The summed E-state index contributed by atoms with van der Waals surface area (Å²) in [4.78, 5) is 1.37. The molecule has 0 bridgehead atoms. The molecule has 0 aliphatic carbocycles. The summed E-state index contributed by atoms with van der Waals surface area (Å²) in [6, 6.07) is 3.35. The van der Waals surface area contributed by atoms with Crippen molar-refractivity contribution in [1.82, 2.24) is 0 Å². The van der Waals surface area contributed by atoms with E-state index in [4.69, 9.17) is 5.73 Å². The lowest BCUT2D eigenvalue weighted by Crippen LogP contribution is -2.19. The summed E-state index contributed by atoms with van der Waals surface area (Å²) in [7, 11) is -0.885. The molecule has 1 rings (SSSR count).